The molecular weight excluding hydrogens is 602 g/mol. The van der Waals surface area contributed by atoms with Crippen molar-refractivity contribution in [3.05, 3.63) is 48.0 Å². The van der Waals surface area contributed by atoms with E-state index in [0.29, 0.717) is 19.3 Å². The van der Waals surface area contributed by atoms with Gasteiger partial charge in [0, 0.05) is 45.0 Å². The molecule has 1 aliphatic rings. The standard InChI is InChI=1S/C30H41N7O9/c1-21(38)31-13-15-46-20-35-26(41)18-34-30(45)23(16-22-8-4-2-5-9-22)36-27(42)19-33-25(40)17-32-24(39)10-6-3-7-14-37-28(43)11-12-29(37)44/h2,4-5,8-9,11-12,23H,3,6-7,10,13-20H2,1H3,(H,31,38)(H,32,39)(H,33,40)(H,34,45)(H,35,41)(H,36,42). The number of unbranched alkanes of at least 4 members (excludes halogenated alkanes) is 2. The maximum Gasteiger partial charge on any atom is 0.253 e. The Balaban J connectivity index is 1.68. The van der Waals surface area contributed by atoms with Gasteiger partial charge in [-0.05, 0) is 18.4 Å². The van der Waals surface area contributed by atoms with Crippen molar-refractivity contribution >= 4 is 47.3 Å². The highest BCUT2D eigenvalue weighted by Gasteiger charge is 2.23. The quantitative estimate of drug-likeness (QED) is 0.0484. The number of carbonyl (C=O) groups is 8. The predicted molar refractivity (Wildman–Crippen MR) is 163 cm³/mol. The summed E-state index contributed by atoms with van der Waals surface area (Å²) in [6.07, 6.45) is 4.36. The van der Waals surface area contributed by atoms with Crippen LogP contribution in [0.25, 0.3) is 0 Å². The molecule has 0 aliphatic carbocycles. The maximum atomic E-state index is 12.9. The number of ether oxygens (including phenoxy) is 1. The van der Waals surface area contributed by atoms with E-state index >= 15 is 0 Å². The summed E-state index contributed by atoms with van der Waals surface area (Å²) < 4.78 is 5.17. The minimum atomic E-state index is -1.05. The smallest absolute Gasteiger partial charge is 0.253 e. The topological polar surface area (TPSA) is 221 Å². The van der Waals surface area contributed by atoms with Gasteiger partial charge in [0.05, 0.1) is 26.2 Å². The Morgan fingerprint density at radius 3 is 2.07 bits per heavy atom. The summed E-state index contributed by atoms with van der Waals surface area (Å²) in [5, 5.41) is 14.9. The Morgan fingerprint density at radius 2 is 1.37 bits per heavy atom. The monoisotopic (exact) mass is 643 g/mol. The molecular formula is C30H41N7O9. The van der Waals surface area contributed by atoms with Crippen molar-refractivity contribution in [2.45, 2.75) is 45.1 Å². The Kier molecular flexibility index (Phi) is 16.7. The summed E-state index contributed by atoms with van der Waals surface area (Å²) in [5.41, 5.74) is 0.752. The van der Waals surface area contributed by atoms with Gasteiger partial charge in [0.15, 0.2) is 0 Å². The van der Waals surface area contributed by atoms with Crippen molar-refractivity contribution < 1.29 is 43.1 Å². The summed E-state index contributed by atoms with van der Waals surface area (Å²) in [7, 11) is 0. The van der Waals surface area contributed by atoms with Crippen LogP contribution >= 0.6 is 0 Å². The second-order valence-electron chi connectivity index (χ2n) is 10.2. The Hall–Kier alpha value is -5.12. The first kappa shape index (κ1) is 37.1. The molecule has 0 bridgehead atoms. The molecule has 0 spiro atoms. The van der Waals surface area contributed by atoms with Crippen molar-refractivity contribution in [1.82, 2.24) is 36.8 Å². The summed E-state index contributed by atoms with van der Waals surface area (Å²) in [4.78, 5) is 96.7. The second-order valence-corrected chi connectivity index (χ2v) is 10.2. The van der Waals surface area contributed by atoms with Crippen molar-refractivity contribution in [3.63, 3.8) is 0 Å². The fourth-order valence-electron chi connectivity index (χ4n) is 4.05. The normalized spacial score (nSPS) is 12.7. The molecule has 0 saturated carbocycles. The molecule has 250 valence electrons. The molecule has 8 amide bonds. The fraction of sp³-hybridized carbons (Fsp3) is 0.467. The van der Waals surface area contributed by atoms with Crippen LogP contribution in [-0.4, -0.2) is 104 Å². The van der Waals surface area contributed by atoms with Crippen molar-refractivity contribution in [2.75, 3.05) is 46.1 Å². The molecule has 1 atom stereocenters. The largest absolute Gasteiger partial charge is 0.359 e. The number of nitrogens with zero attached hydrogens (tertiary/aromatic N) is 1. The molecule has 46 heavy (non-hydrogen) atoms. The Bertz CT molecular complexity index is 1250. The molecule has 1 aliphatic heterocycles. The second kappa shape index (κ2) is 20.8. The molecule has 16 heteroatoms. The van der Waals surface area contributed by atoms with E-state index in [1.807, 2.05) is 0 Å². The number of imide groups is 1. The fourth-order valence-corrected chi connectivity index (χ4v) is 4.05. The van der Waals surface area contributed by atoms with Gasteiger partial charge in [-0.1, -0.05) is 36.8 Å². The van der Waals surface area contributed by atoms with E-state index in [2.05, 4.69) is 31.9 Å². The van der Waals surface area contributed by atoms with Crippen LogP contribution in [-0.2, 0) is 49.5 Å². The zero-order valence-electron chi connectivity index (χ0n) is 25.7. The van der Waals surface area contributed by atoms with E-state index in [4.69, 9.17) is 4.74 Å². The molecule has 16 nitrogen and oxygen atoms in total. The Labute approximate surface area is 266 Å². The number of carbonyl (C=O) groups excluding carboxylic acids is 8. The van der Waals surface area contributed by atoms with Crippen molar-refractivity contribution in [1.29, 1.82) is 0 Å². The van der Waals surface area contributed by atoms with Gasteiger partial charge >= 0.3 is 0 Å². The van der Waals surface area contributed by atoms with Crippen LogP contribution < -0.4 is 31.9 Å². The summed E-state index contributed by atoms with van der Waals surface area (Å²) in [6.45, 7) is 0.817. The van der Waals surface area contributed by atoms with Crippen LogP contribution in [0.4, 0.5) is 0 Å². The summed E-state index contributed by atoms with van der Waals surface area (Å²) in [5.74, 6) is -3.68. The number of hydrogen-bond acceptors (Lipinski definition) is 9. The zero-order chi connectivity index (χ0) is 33.7. The van der Waals surface area contributed by atoms with Crippen LogP contribution in [0.5, 0.6) is 0 Å². The van der Waals surface area contributed by atoms with E-state index in [-0.39, 0.29) is 76.0 Å². The number of hydrogen-bond donors (Lipinski definition) is 6. The van der Waals surface area contributed by atoms with Crippen molar-refractivity contribution in [3.8, 4) is 0 Å². The van der Waals surface area contributed by atoms with Crippen LogP contribution in [0.15, 0.2) is 42.5 Å². The van der Waals surface area contributed by atoms with E-state index in [1.54, 1.807) is 30.3 Å². The highest BCUT2D eigenvalue weighted by Crippen LogP contribution is 2.08. The summed E-state index contributed by atoms with van der Waals surface area (Å²) in [6, 6.07) is 7.84. The molecule has 1 aromatic carbocycles. The van der Waals surface area contributed by atoms with Crippen LogP contribution in [0.2, 0.25) is 0 Å². The van der Waals surface area contributed by atoms with Crippen LogP contribution in [0.1, 0.15) is 38.2 Å². The lowest BCUT2D eigenvalue weighted by Crippen LogP contribution is -2.52. The lowest BCUT2D eigenvalue weighted by Gasteiger charge is -2.19. The third kappa shape index (κ3) is 15.6. The van der Waals surface area contributed by atoms with Gasteiger partial charge in [-0.25, -0.2) is 0 Å². The van der Waals surface area contributed by atoms with Gasteiger partial charge in [-0.2, -0.15) is 0 Å². The first-order valence-corrected chi connectivity index (χ1v) is 14.8. The molecule has 1 unspecified atom stereocenters. The van der Waals surface area contributed by atoms with Gasteiger partial charge < -0.3 is 36.6 Å². The Morgan fingerprint density at radius 1 is 0.739 bits per heavy atom. The SMILES string of the molecule is CC(=O)NCCOCNC(=O)CNC(=O)C(Cc1ccccc1)NC(=O)CNC(=O)CNC(=O)CCCCCN1C(=O)C=CC1=O. The minimum Gasteiger partial charge on any atom is -0.359 e. The zero-order valence-corrected chi connectivity index (χ0v) is 25.7. The first-order chi connectivity index (χ1) is 22.0. The maximum absolute atomic E-state index is 12.9. The van der Waals surface area contributed by atoms with Gasteiger partial charge in [0.2, 0.25) is 35.4 Å². The number of amides is 8. The highest BCUT2D eigenvalue weighted by molar-refractivity contribution is 6.12. The lowest BCUT2D eigenvalue weighted by atomic mass is 10.1. The predicted octanol–water partition coefficient (Wildman–Crippen LogP) is -2.23. The molecule has 1 heterocycles. The average molecular weight is 644 g/mol. The lowest BCUT2D eigenvalue weighted by molar-refractivity contribution is -0.137. The molecule has 2 rings (SSSR count). The average Bonchev–Trinajstić information content (AvgIpc) is 3.35. The molecule has 0 radical (unpaired) electrons. The van der Waals surface area contributed by atoms with Crippen molar-refractivity contribution in [2.24, 2.45) is 0 Å². The number of benzene rings is 1. The van der Waals surface area contributed by atoms with Crippen LogP contribution in [0.3, 0.4) is 0 Å². The highest BCUT2D eigenvalue weighted by atomic mass is 16.5. The first-order valence-electron chi connectivity index (χ1n) is 14.8. The molecule has 0 fully saturated rings. The van der Waals surface area contributed by atoms with Gasteiger partial charge in [0.1, 0.15) is 12.8 Å². The van der Waals surface area contributed by atoms with Gasteiger partial charge in [-0.15, -0.1) is 0 Å². The molecule has 0 saturated heterocycles. The van der Waals surface area contributed by atoms with Crippen LogP contribution in [0, 0.1) is 0 Å². The van der Waals surface area contributed by atoms with E-state index in [0.717, 1.165) is 10.5 Å². The van der Waals surface area contributed by atoms with Gasteiger partial charge in [0.25, 0.3) is 11.8 Å². The van der Waals surface area contributed by atoms with E-state index in [1.165, 1.54) is 19.1 Å². The molecule has 1 aromatic rings. The number of rotatable bonds is 21. The third-order valence-electron chi connectivity index (χ3n) is 6.43. The van der Waals surface area contributed by atoms with Gasteiger partial charge in [-0.3, -0.25) is 43.3 Å². The van der Waals surface area contributed by atoms with E-state index in [9.17, 15) is 38.4 Å². The van der Waals surface area contributed by atoms with E-state index < -0.39 is 36.2 Å². The third-order valence-corrected chi connectivity index (χ3v) is 6.43. The summed E-state index contributed by atoms with van der Waals surface area (Å²) >= 11 is 0. The molecule has 0 aromatic heterocycles. The molecule has 6 N–H and O–H groups in total. The minimum absolute atomic E-state index is 0.123. The number of nitrogens with one attached hydrogen (secondary N) is 6.